The number of benzene rings is 2. The molecule has 2 N–H and O–H groups in total. The maximum absolute atomic E-state index is 13.4. The molecule has 0 unspecified atom stereocenters. The number of halogens is 1. The van der Waals surface area contributed by atoms with E-state index < -0.39 is 5.41 Å². The van der Waals surface area contributed by atoms with Crippen LogP contribution in [0.1, 0.15) is 24.0 Å². The summed E-state index contributed by atoms with van der Waals surface area (Å²) in [5.74, 6) is 1.14. The van der Waals surface area contributed by atoms with Gasteiger partial charge < -0.3 is 19.8 Å². The molecule has 1 fully saturated rings. The lowest BCUT2D eigenvalue weighted by atomic mass is 9.94. The topological polar surface area (TPSA) is 63.4 Å². The van der Waals surface area contributed by atoms with E-state index in [0.717, 1.165) is 40.6 Å². The number of hydrogen-bond donors (Lipinski definition) is 2. The second kappa shape index (κ2) is 5.49. The number of nitrogens with one attached hydrogen (secondary N) is 2. The molecule has 0 atom stereocenters. The molecule has 5 rings (SSSR count). The number of amides is 1. The van der Waals surface area contributed by atoms with Crippen molar-refractivity contribution in [2.24, 2.45) is 0 Å². The van der Waals surface area contributed by atoms with Crippen LogP contribution in [0.2, 0.25) is 0 Å². The van der Waals surface area contributed by atoms with Crippen molar-refractivity contribution in [2.45, 2.75) is 24.8 Å². The number of H-pyrrole nitrogens is 1. The second-order valence-corrected chi connectivity index (χ2v) is 6.84. The smallest absolute Gasteiger partial charge is 0.231 e. The molecule has 1 aliphatic heterocycles. The van der Waals surface area contributed by atoms with E-state index in [4.69, 9.17) is 9.47 Å². The first kappa shape index (κ1) is 15.3. The van der Waals surface area contributed by atoms with Gasteiger partial charge in [-0.15, -0.1) is 0 Å². The third-order valence-corrected chi connectivity index (χ3v) is 5.23. The zero-order valence-electron chi connectivity index (χ0n) is 14.0. The lowest BCUT2D eigenvalue weighted by Crippen LogP contribution is -2.34. The van der Waals surface area contributed by atoms with E-state index in [0.29, 0.717) is 12.3 Å². The second-order valence-electron chi connectivity index (χ2n) is 6.84. The van der Waals surface area contributed by atoms with Crippen molar-refractivity contribution in [1.29, 1.82) is 0 Å². The SMILES string of the molecule is O=C(NCc1ccc2c(c1)OCO2)C1(c2c[nH]c3cc(F)ccc23)CC1. The van der Waals surface area contributed by atoms with E-state index in [9.17, 15) is 9.18 Å². The molecule has 6 heteroatoms. The van der Waals surface area contributed by atoms with Gasteiger partial charge >= 0.3 is 0 Å². The number of carbonyl (C=O) groups is 1. The van der Waals surface area contributed by atoms with Crippen molar-refractivity contribution >= 4 is 16.8 Å². The maximum atomic E-state index is 13.4. The normalized spacial score (nSPS) is 16.7. The van der Waals surface area contributed by atoms with Crippen LogP contribution in [0.3, 0.4) is 0 Å². The first-order valence-corrected chi connectivity index (χ1v) is 8.60. The number of hydrogen-bond acceptors (Lipinski definition) is 3. The third kappa shape index (κ3) is 2.33. The van der Waals surface area contributed by atoms with Crippen LogP contribution in [-0.2, 0) is 16.8 Å². The Bertz CT molecular complexity index is 1020. The standard InChI is InChI=1S/C20H17FN2O3/c21-13-2-3-14-15(10-22-16(14)8-13)20(5-6-20)19(24)23-9-12-1-4-17-18(7-12)26-11-25-17/h1-4,7-8,10,22H,5-6,9,11H2,(H,23,24). The molecule has 132 valence electrons. The number of ether oxygens (including phenoxy) is 2. The van der Waals surface area contributed by atoms with Gasteiger partial charge in [-0.05, 0) is 54.3 Å². The molecular formula is C20H17FN2O3. The molecule has 1 aliphatic carbocycles. The van der Waals surface area contributed by atoms with Gasteiger partial charge in [0.15, 0.2) is 11.5 Å². The van der Waals surface area contributed by atoms with Gasteiger partial charge in [-0.3, -0.25) is 4.79 Å². The van der Waals surface area contributed by atoms with Crippen LogP contribution in [-0.4, -0.2) is 17.7 Å². The lowest BCUT2D eigenvalue weighted by molar-refractivity contribution is -0.123. The Labute approximate surface area is 149 Å². The highest BCUT2D eigenvalue weighted by Gasteiger charge is 2.52. The average molecular weight is 352 g/mol. The predicted molar refractivity (Wildman–Crippen MR) is 93.6 cm³/mol. The third-order valence-electron chi connectivity index (χ3n) is 5.23. The predicted octanol–water partition coefficient (Wildman–Crippen LogP) is 3.38. The molecule has 2 aromatic carbocycles. The summed E-state index contributed by atoms with van der Waals surface area (Å²) in [7, 11) is 0. The van der Waals surface area contributed by atoms with Crippen LogP contribution in [0.4, 0.5) is 4.39 Å². The molecule has 3 aromatic rings. The fourth-order valence-corrected chi connectivity index (χ4v) is 3.64. The highest BCUT2D eigenvalue weighted by molar-refractivity contribution is 5.97. The lowest BCUT2D eigenvalue weighted by Gasteiger charge is -2.15. The van der Waals surface area contributed by atoms with Crippen molar-refractivity contribution in [3.8, 4) is 11.5 Å². The molecule has 1 amide bonds. The summed E-state index contributed by atoms with van der Waals surface area (Å²) in [6.07, 6.45) is 3.42. The van der Waals surface area contributed by atoms with Gasteiger partial charge in [0.2, 0.25) is 12.7 Å². The zero-order valence-corrected chi connectivity index (χ0v) is 14.0. The Morgan fingerprint density at radius 2 is 2.00 bits per heavy atom. The minimum absolute atomic E-state index is 0.000363. The van der Waals surface area contributed by atoms with Crippen LogP contribution in [0.25, 0.3) is 10.9 Å². The number of aromatic amines is 1. The van der Waals surface area contributed by atoms with Crippen molar-refractivity contribution < 1.29 is 18.7 Å². The summed E-state index contributed by atoms with van der Waals surface area (Å²) in [5, 5.41) is 3.94. The molecular weight excluding hydrogens is 335 g/mol. The highest BCUT2D eigenvalue weighted by Crippen LogP contribution is 2.50. The van der Waals surface area contributed by atoms with Gasteiger partial charge in [0.05, 0.1) is 5.41 Å². The Kier molecular flexibility index (Phi) is 3.22. The van der Waals surface area contributed by atoms with Crippen molar-refractivity contribution in [2.75, 3.05) is 6.79 Å². The van der Waals surface area contributed by atoms with E-state index in [1.807, 2.05) is 24.4 Å². The van der Waals surface area contributed by atoms with E-state index in [2.05, 4.69) is 10.3 Å². The molecule has 0 radical (unpaired) electrons. The van der Waals surface area contributed by atoms with E-state index >= 15 is 0 Å². The minimum atomic E-state index is -0.521. The van der Waals surface area contributed by atoms with Crippen molar-refractivity contribution in [3.63, 3.8) is 0 Å². The van der Waals surface area contributed by atoms with E-state index in [-0.39, 0.29) is 18.5 Å². The molecule has 2 heterocycles. The Morgan fingerprint density at radius 3 is 2.85 bits per heavy atom. The minimum Gasteiger partial charge on any atom is -0.454 e. The fraction of sp³-hybridized carbons (Fsp3) is 0.250. The summed E-state index contributed by atoms with van der Waals surface area (Å²) >= 11 is 0. The average Bonchev–Trinajstić information content (AvgIpc) is 3.12. The number of rotatable bonds is 4. The number of aromatic nitrogens is 1. The fourth-order valence-electron chi connectivity index (χ4n) is 3.64. The van der Waals surface area contributed by atoms with Crippen LogP contribution < -0.4 is 14.8 Å². The van der Waals surface area contributed by atoms with Crippen LogP contribution >= 0.6 is 0 Å². The molecule has 1 aromatic heterocycles. The first-order chi connectivity index (χ1) is 12.7. The van der Waals surface area contributed by atoms with Crippen LogP contribution in [0.5, 0.6) is 11.5 Å². The summed E-state index contributed by atoms with van der Waals surface area (Å²) in [6, 6.07) is 10.3. The van der Waals surface area contributed by atoms with Gasteiger partial charge in [-0.2, -0.15) is 0 Å². The molecule has 5 nitrogen and oxygen atoms in total. The summed E-state index contributed by atoms with van der Waals surface area (Å²) in [5.41, 5.74) is 2.09. The Hall–Kier alpha value is -3.02. The number of fused-ring (bicyclic) bond motifs is 2. The number of carbonyl (C=O) groups excluding carboxylic acids is 1. The Balaban J connectivity index is 1.36. The van der Waals surface area contributed by atoms with Crippen molar-refractivity contribution in [3.05, 3.63) is 59.5 Å². The molecule has 2 aliphatic rings. The van der Waals surface area contributed by atoms with Crippen LogP contribution in [0, 0.1) is 5.82 Å². The van der Waals surface area contributed by atoms with Gasteiger partial charge in [-0.1, -0.05) is 6.07 Å². The summed E-state index contributed by atoms with van der Waals surface area (Å²) in [6.45, 7) is 0.656. The van der Waals surface area contributed by atoms with Crippen LogP contribution in [0.15, 0.2) is 42.6 Å². The van der Waals surface area contributed by atoms with E-state index in [1.165, 1.54) is 12.1 Å². The molecule has 26 heavy (non-hydrogen) atoms. The summed E-state index contributed by atoms with van der Waals surface area (Å²) in [4.78, 5) is 16.0. The maximum Gasteiger partial charge on any atom is 0.231 e. The van der Waals surface area contributed by atoms with Crippen molar-refractivity contribution in [1.82, 2.24) is 10.3 Å². The summed E-state index contributed by atoms with van der Waals surface area (Å²) < 4.78 is 24.1. The quantitative estimate of drug-likeness (QED) is 0.757. The van der Waals surface area contributed by atoms with Gasteiger partial charge in [-0.25, -0.2) is 4.39 Å². The van der Waals surface area contributed by atoms with Gasteiger partial charge in [0.1, 0.15) is 5.82 Å². The van der Waals surface area contributed by atoms with Gasteiger partial charge in [0.25, 0.3) is 0 Å². The van der Waals surface area contributed by atoms with E-state index in [1.54, 1.807) is 6.07 Å². The largest absolute Gasteiger partial charge is 0.454 e. The highest BCUT2D eigenvalue weighted by atomic mass is 19.1. The Morgan fingerprint density at radius 1 is 1.15 bits per heavy atom. The molecule has 0 bridgehead atoms. The monoisotopic (exact) mass is 352 g/mol. The zero-order chi connectivity index (χ0) is 17.7. The van der Waals surface area contributed by atoms with Gasteiger partial charge in [0, 0.05) is 23.6 Å². The molecule has 0 saturated heterocycles. The molecule has 0 spiro atoms. The molecule has 1 saturated carbocycles. The first-order valence-electron chi connectivity index (χ1n) is 8.60.